The molecule has 0 bridgehead atoms. The van der Waals surface area contributed by atoms with E-state index in [9.17, 15) is 9.59 Å². The highest BCUT2D eigenvalue weighted by Gasteiger charge is 2.49. The number of benzene rings is 2. The molecule has 2 aromatic carbocycles. The van der Waals surface area contributed by atoms with Gasteiger partial charge in [0.2, 0.25) is 11.6 Å². The number of fused-ring (bicyclic) bond motifs is 1. The Morgan fingerprint density at radius 3 is 2.13 bits per heavy atom. The first kappa shape index (κ1) is 19.9. The number of hydrogen-bond donors (Lipinski definition) is 1. The Morgan fingerprint density at radius 2 is 1.53 bits per heavy atom. The van der Waals surface area contributed by atoms with Gasteiger partial charge in [-0.25, -0.2) is 5.10 Å². The van der Waals surface area contributed by atoms with Crippen LogP contribution in [0.2, 0.25) is 0 Å². The van der Waals surface area contributed by atoms with Crippen LogP contribution in [0.1, 0.15) is 56.9 Å². The molecule has 0 fully saturated rings. The van der Waals surface area contributed by atoms with E-state index in [1.807, 2.05) is 71.0 Å². The van der Waals surface area contributed by atoms with Crippen LogP contribution in [0.15, 0.2) is 42.5 Å². The van der Waals surface area contributed by atoms with Gasteiger partial charge in [0.1, 0.15) is 0 Å². The summed E-state index contributed by atoms with van der Waals surface area (Å²) in [5.74, 6) is -0.0145. The van der Waals surface area contributed by atoms with E-state index in [2.05, 4.69) is 32.8 Å². The first-order valence-electron chi connectivity index (χ1n) is 9.89. The van der Waals surface area contributed by atoms with Crippen molar-refractivity contribution in [3.8, 4) is 11.4 Å². The third-order valence-electron chi connectivity index (χ3n) is 6.08. The number of aromatic nitrogens is 4. The lowest BCUT2D eigenvalue weighted by Gasteiger charge is -2.39. The lowest BCUT2D eigenvalue weighted by Crippen LogP contribution is -2.50. The minimum atomic E-state index is -0.828. The highest BCUT2D eigenvalue weighted by atomic mass is 16.2. The smallest absolute Gasteiger partial charge is 0.209 e. The monoisotopic (exact) mass is 400 g/mol. The number of tetrazole rings is 1. The first-order chi connectivity index (χ1) is 14.1. The van der Waals surface area contributed by atoms with Crippen molar-refractivity contribution in [2.75, 3.05) is 0 Å². The third-order valence-corrected chi connectivity index (χ3v) is 6.08. The second-order valence-electron chi connectivity index (χ2n) is 8.87. The van der Waals surface area contributed by atoms with Crippen molar-refractivity contribution in [2.45, 2.75) is 45.4 Å². The molecule has 1 aliphatic rings. The van der Waals surface area contributed by atoms with E-state index in [1.54, 1.807) is 0 Å². The first-order valence-corrected chi connectivity index (χ1v) is 9.89. The van der Waals surface area contributed by atoms with Gasteiger partial charge in [0, 0.05) is 5.56 Å². The van der Waals surface area contributed by atoms with E-state index in [4.69, 9.17) is 0 Å². The lowest BCUT2D eigenvalue weighted by molar-refractivity contribution is -0.143. The molecule has 6 nitrogen and oxygen atoms in total. The van der Waals surface area contributed by atoms with Gasteiger partial charge in [0.25, 0.3) is 0 Å². The van der Waals surface area contributed by atoms with Gasteiger partial charge >= 0.3 is 0 Å². The van der Waals surface area contributed by atoms with Crippen LogP contribution in [0.3, 0.4) is 0 Å². The maximum Gasteiger partial charge on any atom is 0.209 e. The van der Waals surface area contributed by atoms with E-state index in [0.717, 1.165) is 33.4 Å². The van der Waals surface area contributed by atoms with Crippen LogP contribution in [0.5, 0.6) is 0 Å². The minimum absolute atomic E-state index is 0.318. The molecule has 0 unspecified atom stereocenters. The number of hydrogen-bond acceptors (Lipinski definition) is 5. The van der Waals surface area contributed by atoms with Crippen molar-refractivity contribution >= 4 is 23.2 Å². The number of allylic oxidation sites excluding steroid dienone is 1. The molecule has 1 aliphatic carbocycles. The SMILES string of the molecule is CC(=Cc1ccc(-c2nnn[nH]2)cc1)c1ccc2c(c1)C(C)(C)C(=O)C(=O)C2(C)C. The number of nitrogens with one attached hydrogen (secondary N) is 1. The third kappa shape index (κ3) is 3.09. The summed E-state index contributed by atoms with van der Waals surface area (Å²) in [4.78, 5) is 25.4. The zero-order chi connectivity index (χ0) is 21.7. The number of rotatable bonds is 3. The number of nitrogens with zero attached hydrogens (tertiary/aromatic N) is 3. The zero-order valence-corrected chi connectivity index (χ0v) is 17.8. The van der Waals surface area contributed by atoms with Gasteiger partial charge in [-0.2, -0.15) is 0 Å². The molecule has 6 heteroatoms. The van der Waals surface area contributed by atoms with E-state index in [0.29, 0.717) is 5.82 Å². The standard InChI is InChI=1S/C24H24N4O2/c1-14(12-15-6-8-16(9-7-15)22-25-27-28-26-22)17-10-11-18-19(13-17)24(4,5)21(30)20(29)23(18,2)3/h6-13H,1-5H3,(H,25,26,27,28). The van der Waals surface area contributed by atoms with Crippen LogP contribution >= 0.6 is 0 Å². The Morgan fingerprint density at radius 1 is 0.900 bits per heavy atom. The van der Waals surface area contributed by atoms with E-state index in [1.165, 1.54) is 0 Å². The number of ketones is 2. The largest absolute Gasteiger partial charge is 0.290 e. The van der Waals surface area contributed by atoms with Gasteiger partial charge in [-0.3, -0.25) is 9.59 Å². The summed E-state index contributed by atoms with van der Waals surface area (Å²) in [7, 11) is 0. The molecule has 3 aromatic rings. The van der Waals surface area contributed by atoms with Gasteiger partial charge in [-0.1, -0.05) is 48.5 Å². The number of carbonyl (C=O) groups is 2. The van der Waals surface area contributed by atoms with Crippen LogP contribution < -0.4 is 0 Å². The molecule has 152 valence electrons. The quantitative estimate of drug-likeness (QED) is 0.527. The molecule has 30 heavy (non-hydrogen) atoms. The summed E-state index contributed by atoms with van der Waals surface area (Å²) in [6.07, 6.45) is 2.10. The topological polar surface area (TPSA) is 88.6 Å². The van der Waals surface area contributed by atoms with Gasteiger partial charge in [0.05, 0.1) is 10.8 Å². The molecule has 4 rings (SSSR count). The number of carbonyl (C=O) groups excluding carboxylic acids is 2. The second-order valence-corrected chi connectivity index (χ2v) is 8.87. The summed E-state index contributed by atoms with van der Waals surface area (Å²) in [5, 5.41) is 13.9. The Hall–Kier alpha value is -3.41. The predicted molar refractivity (Wildman–Crippen MR) is 116 cm³/mol. The fourth-order valence-electron chi connectivity index (χ4n) is 4.02. The van der Waals surface area contributed by atoms with Gasteiger partial charge in [0.15, 0.2) is 5.82 Å². The molecular formula is C24H24N4O2. The molecule has 0 amide bonds. The molecule has 0 saturated carbocycles. The van der Waals surface area contributed by atoms with Crippen LogP contribution in [-0.2, 0) is 20.4 Å². The second kappa shape index (κ2) is 6.83. The van der Waals surface area contributed by atoms with Crippen molar-refractivity contribution in [2.24, 2.45) is 0 Å². The van der Waals surface area contributed by atoms with Crippen molar-refractivity contribution in [3.05, 3.63) is 64.7 Å². The van der Waals surface area contributed by atoms with Crippen LogP contribution in [0, 0.1) is 0 Å². The fourth-order valence-corrected chi connectivity index (χ4v) is 4.02. The summed E-state index contributed by atoms with van der Waals surface area (Å²) in [6.45, 7) is 9.37. The molecule has 0 aliphatic heterocycles. The summed E-state index contributed by atoms with van der Waals surface area (Å²) >= 11 is 0. The van der Waals surface area contributed by atoms with E-state index in [-0.39, 0.29) is 11.6 Å². The number of Topliss-reactive ketones (excluding diaryl/α,β-unsaturated/α-hetero) is 2. The molecular weight excluding hydrogens is 376 g/mol. The Kier molecular flexibility index (Phi) is 4.53. The molecule has 0 atom stereocenters. The Bertz CT molecular complexity index is 1170. The number of H-pyrrole nitrogens is 1. The van der Waals surface area contributed by atoms with Gasteiger partial charge in [-0.05, 0) is 72.9 Å². The summed E-state index contributed by atoms with van der Waals surface area (Å²) in [6, 6.07) is 14.0. The minimum Gasteiger partial charge on any atom is -0.290 e. The van der Waals surface area contributed by atoms with Crippen molar-refractivity contribution in [3.63, 3.8) is 0 Å². The Balaban J connectivity index is 1.71. The maximum atomic E-state index is 12.7. The number of aromatic amines is 1. The van der Waals surface area contributed by atoms with Gasteiger partial charge in [-0.15, -0.1) is 5.10 Å². The highest BCUT2D eigenvalue weighted by molar-refractivity contribution is 6.44. The van der Waals surface area contributed by atoms with Crippen LogP contribution in [0.25, 0.3) is 23.0 Å². The molecule has 0 radical (unpaired) electrons. The molecule has 0 spiro atoms. The zero-order valence-electron chi connectivity index (χ0n) is 17.8. The van der Waals surface area contributed by atoms with Crippen LogP contribution in [0.4, 0.5) is 0 Å². The maximum absolute atomic E-state index is 12.7. The lowest BCUT2D eigenvalue weighted by atomic mass is 9.61. The van der Waals surface area contributed by atoms with E-state index >= 15 is 0 Å². The van der Waals surface area contributed by atoms with Crippen molar-refractivity contribution in [1.29, 1.82) is 0 Å². The Labute approximate surface area is 175 Å². The molecule has 1 N–H and O–H groups in total. The highest BCUT2D eigenvalue weighted by Crippen LogP contribution is 2.42. The van der Waals surface area contributed by atoms with E-state index < -0.39 is 10.8 Å². The molecule has 1 heterocycles. The van der Waals surface area contributed by atoms with Crippen LogP contribution in [-0.4, -0.2) is 32.2 Å². The molecule has 0 saturated heterocycles. The fraction of sp³-hybridized carbons (Fsp3) is 0.292. The summed E-state index contributed by atoms with van der Waals surface area (Å²) in [5.41, 5.74) is 4.29. The normalized spacial score (nSPS) is 17.7. The van der Waals surface area contributed by atoms with Crippen molar-refractivity contribution < 1.29 is 9.59 Å². The predicted octanol–water partition coefficient (Wildman–Crippen LogP) is 4.13. The molecule has 1 aromatic heterocycles. The summed E-state index contributed by atoms with van der Waals surface area (Å²) < 4.78 is 0. The average molecular weight is 400 g/mol. The average Bonchev–Trinajstić information content (AvgIpc) is 3.26. The van der Waals surface area contributed by atoms with Gasteiger partial charge < -0.3 is 0 Å². The van der Waals surface area contributed by atoms with Crippen molar-refractivity contribution in [1.82, 2.24) is 20.6 Å².